The number of fused-ring (bicyclic) bond motifs is 1. The normalized spacial score (nSPS) is 17.7. The molecule has 2 aromatic rings. The fraction of sp³-hybridized carbons (Fsp3) is 0.600. The smallest absolute Gasteiger partial charge is 0.160 e. The van der Waals surface area contributed by atoms with Gasteiger partial charge in [-0.1, -0.05) is 0 Å². The standard InChI is InChI=1S/C15H20BrClN4/c1-11(17)14-19-13-9-12(16)10-18-15(13)21(14)8-4-7-20-5-2-3-6-20/h9-11H,2-8H2,1H3. The summed E-state index contributed by atoms with van der Waals surface area (Å²) in [5.74, 6) is 0.915. The lowest BCUT2D eigenvalue weighted by Crippen LogP contribution is -2.22. The van der Waals surface area contributed by atoms with Crippen molar-refractivity contribution >= 4 is 38.7 Å². The molecule has 1 aliphatic rings. The van der Waals surface area contributed by atoms with Crippen LogP contribution in [0.5, 0.6) is 0 Å². The molecule has 0 amide bonds. The minimum absolute atomic E-state index is 0.107. The molecule has 0 aromatic carbocycles. The lowest BCUT2D eigenvalue weighted by molar-refractivity contribution is 0.325. The Morgan fingerprint density at radius 3 is 2.81 bits per heavy atom. The van der Waals surface area contributed by atoms with E-state index in [1.165, 1.54) is 25.9 Å². The third-order valence-electron chi connectivity index (χ3n) is 3.99. The van der Waals surface area contributed by atoms with Crippen LogP contribution < -0.4 is 0 Å². The Hall–Kier alpha value is -0.650. The zero-order chi connectivity index (χ0) is 14.8. The molecule has 2 aromatic heterocycles. The van der Waals surface area contributed by atoms with E-state index in [2.05, 4.69) is 35.4 Å². The lowest BCUT2D eigenvalue weighted by Gasteiger charge is -2.15. The summed E-state index contributed by atoms with van der Waals surface area (Å²) in [5, 5.41) is -0.107. The molecule has 114 valence electrons. The van der Waals surface area contributed by atoms with Crippen LogP contribution in [0.2, 0.25) is 0 Å². The average molecular weight is 372 g/mol. The van der Waals surface area contributed by atoms with Crippen molar-refractivity contribution < 1.29 is 0 Å². The summed E-state index contributed by atoms with van der Waals surface area (Å²) >= 11 is 9.74. The molecule has 1 fully saturated rings. The molecular weight excluding hydrogens is 352 g/mol. The minimum Gasteiger partial charge on any atom is -0.311 e. The molecule has 4 nitrogen and oxygen atoms in total. The van der Waals surface area contributed by atoms with E-state index in [4.69, 9.17) is 11.6 Å². The summed E-state index contributed by atoms with van der Waals surface area (Å²) in [5.41, 5.74) is 1.84. The van der Waals surface area contributed by atoms with Crippen molar-refractivity contribution in [2.24, 2.45) is 0 Å². The molecule has 1 atom stereocenters. The van der Waals surface area contributed by atoms with Gasteiger partial charge in [0.25, 0.3) is 0 Å². The second-order valence-corrected chi connectivity index (χ2v) is 7.21. The molecule has 3 rings (SSSR count). The van der Waals surface area contributed by atoms with Crippen LogP contribution in [0, 0.1) is 0 Å². The van der Waals surface area contributed by atoms with E-state index in [9.17, 15) is 0 Å². The Labute approximate surface area is 138 Å². The molecule has 21 heavy (non-hydrogen) atoms. The third kappa shape index (κ3) is 3.41. The lowest BCUT2D eigenvalue weighted by atomic mass is 10.3. The number of aryl methyl sites for hydroxylation is 1. The molecule has 1 saturated heterocycles. The van der Waals surface area contributed by atoms with Crippen LogP contribution in [-0.4, -0.2) is 39.1 Å². The van der Waals surface area contributed by atoms with Crippen molar-refractivity contribution in [2.75, 3.05) is 19.6 Å². The topological polar surface area (TPSA) is 34.0 Å². The van der Waals surface area contributed by atoms with Gasteiger partial charge in [0.15, 0.2) is 5.65 Å². The van der Waals surface area contributed by atoms with Gasteiger partial charge in [-0.25, -0.2) is 9.97 Å². The fourth-order valence-corrected chi connectivity index (χ4v) is 3.47. The summed E-state index contributed by atoms with van der Waals surface area (Å²) in [6, 6.07) is 2.00. The van der Waals surface area contributed by atoms with Gasteiger partial charge in [-0.3, -0.25) is 0 Å². The van der Waals surface area contributed by atoms with E-state index in [1.807, 2.05) is 19.2 Å². The highest BCUT2D eigenvalue weighted by molar-refractivity contribution is 9.10. The van der Waals surface area contributed by atoms with Crippen LogP contribution in [0.1, 0.15) is 37.4 Å². The first-order valence-electron chi connectivity index (χ1n) is 7.53. The van der Waals surface area contributed by atoms with Gasteiger partial charge in [-0.05, 0) is 67.8 Å². The monoisotopic (exact) mass is 370 g/mol. The van der Waals surface area contributed by atoms with Gasteiger partial charge in [0.05, 0.1) is 5.38 Å². The zero-order valence-electron chi connectivity index (χ0n) is 12.2. The molecule has 0 bridgehead atoms. The van der Waals surface area contributed by atoms with E-state index >= 15 is 0 Å². The highest BCUT2D eigenvalue weighted by Gasteiger charge is 2.17. The Bertz CT molecular complexity index is 619. The largest absolute Gasteiger partial charge is 0.311 e. The number of hydrogen-bond donors (Lipinski definition) is 0. The van der Waals surface area contributed by atoms with E-state index in [0.29, 0.717) is 0 Å². The van der Waals surface area contributed by atoms with E-state index in [-0.39, 0.29) is 5.38 Å². The molecule has 0 saturated carbocycles. The number of halogens is 2. The Morgan fingerprint density at radius 1 is 1.33 bits per heavy atom. The number of likely N-dealkylation sites (tertiary alicyclic amines) is 1. The molecule has 6 heteroatoms. The molecule has 1 aliphatic heterocycles. The van der Waals surface area contributed by atoms with Gasteiger partial charge in [0.1, 0.15) is 11.3 Å². The SMILES string of the molecule is CC(Cl)c1nc2cc(Br)cnc2n1CCCN1CCCC1. The average Bonchev–Trinajstić information content (AvgIpc) is 3.06. The number of alkyl halides is 1. The first kappa shape index (κ1) is 15.3. The van der Waals surface area contributed by atoms with Crippen LogP contribution in [-0.2, 0) is 6.54 Å². The molecule has 3 heterocycles. The number of rotatable bonds is 5. The van der Waals surface area contributed by atoms with Gasteiger partial charge in [0, 0.05) is 17.2 Å². The van der Waals surface area contributed by atoms with Gasteiger partial charge in [-0.15, -0.1) is 11.6 Å². The van der Waals surface area contributed by atoms with Gasteiger partial charge >= 0.3 is 0 Å². The highest BCUT2D eigenvalue weighted by atomic mass is 79.9. The molecule has 1 unspecified atom stereocenters. The first-order chi connectivity index (χ1) is 10.1. The predicted octanol–water partition coefficient (Wildman–Crippen LogP) is 3.98. The Kier molecular flexibility index (Phi) is 4.82. The zero-order valence-corrected chi connectivity index (χ0v) is 14.6. The number of nitrogens with zero attached hydrogens (tertiary/aromatic N) is 4. The summed E-state index contributed by atoms with van der Waals surface area (Å²) in [6.07, 6.45) is 5.62. The second kappa shape index (κ2) is 6.63. The maximum absolute atomic E-state index is 6.29. The molecule has 0 radical (unpaired) electrons. The maximum Gasteiger partial charge on any atom is 0.160 e. The van der Waals surface area contributed by atoms with Crippen molar-refractivity contribution in [1.29, 1.82) is 0 Å². The number of pyridine rings is 1. The van der Waals surface area contributed by atoms with Crippen LogP contribution in [0.4, 0.5) is 0 Å². The summed E-state index contributed by atoms with van der Waals surface area (Å²) < 4.78 is 3.13. The van der Waals surface area contributed by atoms with Crippen LogP contribution in [0.3, 0.4) is 0 Å². The van der Waals surface area contributed by atoms with Crippen molar-refractivity contribution in [3.63, 3.8) is 0 Å². The minimum atomic E-state index is -0.107. The van der Waals surface area contributed by atoms with Crippen molar-refractivity contribution in [3.05, 3.63) is 22.6 Å². The Balaban J connectivity index is 1.79. The summed E-state index contributed by atoms with van der Waals surface area (Å²) in [4.78, 5) is 11.7. The first-order valence-corrected chi connectivity index (χ1v) is 8.76. The van der Waals surface area contributed by atoms with Gasteiger partial charge < -0.3 is 9.47 Å². The van der Waals surface area contributed by atoms with Gasteiger partial charge in [0.2, 0.25) is 0 Å². The van der Waals surface area contributed by atoms with E-state index in [1.54, 1.807) is 0 Å². The van der Waals surface area contributed by atoms with Crippen molar-refractivity contribution in [2.45, 2.75) is 38.1 Å². The molecule has 0 aliphatic carbocycles. The predicted molar refractivity (Wildman–Crippen MR) is 89.8 cm³/mol. The molecule has 0 spiro atoms. The second-order valence-electron chi connectivity index (χ2n) is 5.64. The highest BCUT2D eigenvalue weighted by Crippen LogP contribution is 2.25. The maximum atomic E-state index is 6.29. The van der Waals surface area contributed by atoms with Crippen LogP contribution in [0.15, 0.2) is 16.7 Å². The quantitative estimate of drug-likeness (QED) is 0.746. The molecular formula is C15H20BrClN4. The fourth-order valence-electron chi connectivity index (χ4n) is 2.99. The number of aromatic nitrogens is 3. The van der Waals surface area contributed by atoms with Crippen LogP contribution in [0.25, 0.3) is 11.2 Å². The van der Waals surface area contributed by atoms with E-state index < -0.39 is 0 Å². The van der Waals surface area contributed by atoms with Crippen molar-refractivity contribution in [1.82, 2.24) is 19.4 Å². The summed E-state index contributed by atoms with van der Waals surface area (Å²) in [7, 11) is 0. The number of imidazole rings is 1. The third-order valence-corrected chi connectivity index (χ3v) is 4.62. The molecule has 0 N–H and O–H groups in total. The van der Waals surface area contributed by atoms with Gasteiger partial charge in [-0.2, -0.15) is 0 Å². The van der Waals surface area contributed by atoms with Crippen molar-refractivity contribution in [3.8, 4) is 0 Å². The van der Waals surface area contributed by atoms with E-state index in [0.717, 1.165) is 41.0 Å². The summed E-state index contributed by atoms with van der Waals surface area (Å²) in [6.45, 7) is 6.53. The Morgan fingerprint density at radius 2 is 2.10 bits per heavy atom. The van der Waals surface area contributed by atoms with Crippen LogP contribution >= 0.6 is 27.5 Å². The number of hydrogen-bond acceptors (Lipinski definition) is 3.